The van der Waals surface area contributed by atoms with E-state index < -0.39 is 11.4 Å². The first-order valence-corrected chi connectivity index (χ1v) is 6.27. The third kappa shape index (κ3) is 2.20. The number of allylic oxidation sites excluding steroid dienone is 2. The maximum absolute atomic E-state index is 11.9. The van der Waals surface area contributed by atoms with Gasteiger partial charge in [0.15, 0.2) is 0 Å². The average Bonchev–Trinajstić information content (AvgIpc) is 2.65. The minimum atomic E-state index is -1.23. The number of rotatable bonds is 1. The molecule has 0 radical (unpaired) electrons. The maximum atomic E-state index is 11.9. The van der Waals surface area contributed by atoms with Crippen LogP contribution in [0.4, 0.5) is 0 Å². The van der Waals surface area contributed by atoms with E-state index in [1.807, 2.05) is 37.5 Å². The lowest BCUT2D eigenvalue weighted by atomic mass is 10.2. The van der Waals surface area contributed by atoms with Gasteiger partial charge < -0.3 is 9.12 Å². The van der Waals surface area contributed by atoms with Crippen LogP contribution in [0.1, 0.15) is 26.5 Å². The van der Waals surface area contributed by atoms with Crippen LogP contribution in [-0.2, 0) is 17.9 Å². The van der Waals surface area contributed by atoms with Crippen molar-refractivity contribution in [1.29, 1.82) is 0 Å². The zero-order valence-electron chi connectivity index (χ0n) is 9.67. The summed E-state index contributed by atoms with van der Waals surface area (Å²) in [6, 6.07) is 0. The number of nitrogens with zero attached hydrogens (tertiary/aromatic N) is 3. The van der Waals surface area contributed by atoms with Gasteiger partial charge in [0, 0.05) is 6.54 Å². The Hall–Kier alpha value is -1.07. The van der Waals surface area contributed by atoms with E-state index in [2.05, 4.69) is 9.38 Å². The van der Waals surface area contributed by atoms with Crippen LogP contribution in [0.5, 0.6) is 0 Å². The van der Waals surface area contributed by atoms with Crippen molar-refractivity contribution in [1.82, 2.24) is 9.55 Å². The summed E-state index contributed by atoms with van der Waals surface area (Å²) in [5, 5.41) is 0. The molecule has 1 aromatic heterocycles. The van der Waals surface area contributed by atoms with Gasteiger partial charge in [0.05, 0.1) is 18.2 Å². The molecule has 0 amide bonds. The molecule has 2 rings (SSSR count). The van der Waals surface area contributed by atoms with Crippen LogP contribution in [0.25, 0.3) is 0 Å². The Kier molecular flexibility index (Phi) is 2.90. The summed E-state index contributed by atoms with van der Waals surface area (Å²) in [6.45, 7) is 6.54. The van der Waals surface area contributed by atoms with Crippen LogP contribution in [0.15, 0.2) is 29.1 Å². The number of hydrogen-bond donors (Lipinski definition) is 0. The number of imidazole rings is 1. The number of hydrogen-bond acceptors (Lipinski definition) is 3. The first-order chi connectivity index (χ1) is 7.48. The first-order valence-electron chi connectivity index (χ1n) is 5.16. The molecule has 1 atom stereocenters. The Balaban J connectivity index is 2.32. The summed E-state index contributed by atoms with van der Waals surface area (Å²) in [7, 11) is 0. The molecule has 1 aliphatic heterocycles. The topological polar surface area (TPSA) is 53.2 Å². The van der Waals surface area contributed by atoms with Crippen LogP contribution in [0, 0.1) is 0 Å². The second-order valence-electron chi connectivity index (χ2n) is 4.67. The molecule has 0 spiro atoms. The Labute approximate surface area is 98.4 Å². The highest BCUT2D eigenvalue weighted by atomic mass is 32.2. The molecular weight excluding hydrogens is 222 g/mol. The van der Waals surface area contributed by atoms with Crippen molar-refractivity contribution in [3.8, 4) is 0 Å². The summed E-state index contributed by atoms with van der Waals surface area (Å²) in [4.78, 5) is 4.07. The molecule has 1 unspecified atom stereocenters. The number of fused-ring (bicyclic) bond motifs is 1. The van der Waals surface area contributed by atoms with E-state index in [0.717, 1.165) is 18.0 Å². The molecule has 0 aromatic carbocycles. The van der Waals surface area contributed by atoms with Crippen LogP contribution in [-0.4, -0.2) is 24.6 Å². The second-order valence-corrected chi connectivity index (χ2v) is 6.58. The lowest BCUT2D eigenvalue weighted by molar-refractivity contribution is 0.561. The maximum Gasteiger partial charge on any atom is 0.144 e. The average molecular weight is 237 g/mol. The molecule has 0 N–H and O–H groups in total. The fraction of sp³-hybridized carbons (Fsp3) is 0.455. The summed E-state index contributed by atoms with van der Waals surface area (Å²) in [5.41, 5.74) is 1.68. The van der Waals surface area contributed by atoms with Gasteiger partial charge in [-0.05, 0) is 26.8 Å². The lowest BCUT2D eigenvalue weighted by Crippen LogP contribution is -2.27. The highest BCUT2D eigenvalue weighted by Gasteiger charge is 2.27. The smallest absolute Gasteiger partial charge is 0.144 e. The Morgan fingerprint density at radius 1 is 1.50 bits per heavy atom. The molecule has 0 saturated heterocycles. The summed E-state index contributed by atoms with van der Waals surface area (Å²) in [6.07, 6.45) is 7.41. The molecule has 16 heavy (non-hydrogen) atoms. The van der Waals surface area contributed by atoms with E-state index in [-0.39, 0.29) is 4.75 Å². The molecule has 0 saturated carbocycles. The van der Waals surface area contributed by atoms with Gasteiger partial charge in [-0.25, -0.2) is 4.98 Å². The van der Waals surface area contributed by atoms with E-state index in [4.69, 9.17) is 0 Å². The third-order valence-electron chi connectivity index (χ3n) is 2.26. The second kappa shape index (κ2) is 4.07. The molecule has 0 bridgehead atoms. The predicted octanol–water partition coefficient (Wildman–Crippen LogP) is 1.70. The monoisotopic (exact) mass is 237 g/mol. The molecule has 2 heterocycles. The molecule has 5 heteroatoms. The Morgan fingerprint density at radius 2 is 2.25 bits per heavy atom. The molecule has 0 aliphatic carbocycles. The van der Waals surface area contributed by atoms with Gasteiger partial charge in [-0.3, -0.25) is 0 Å². The van der Waals surface area contributed by atoms with Gasteiger partial charge in [-0.15, -0.1) is 0 Å². The molecule has 86 valence electrons. The minimum absolute atomic E-state index is 0.330. The number of aromatic nitrogens is 2. The molecule has 1 aromatic rings. The largest absolute Gasteiger partial charge is 0.591 e. The SMILES string of the molecule is CC(C)(C)[S+]([O-])/N=C1\C=CCn2cncc21. The van der Waals surface area contributed by atoms with Gasteiger partial charge in [0.1, 0.15) is 21.8 Å². The van der Waals surface area contributed by atoms with E-state index >= 15 is 0 Å². The Morgan fingerprint density at radius 3 is 2.94 bits per heavy atom. The summed E-state index contributed by atoms with van der Waals surface area (Å²) >= 11 is -1.23. The van der Waals surface area contributed by atoms with Crippen molar-refractivity contribution in [3.63, 3.8) is 0 Å². The van der Waals surface area contributed by atoms with Gasteiger partial charge in [-0.1, -0.05) is 10.5 Å². The van der Waals surface area contributed by atoms with Crippen LogP contribution in [0.3, 0.4) is 0 Å². The fourth-order valence-corrected chi connectivity index (χ4v) is 1.95. The highest BCUT2D eigenvalue weighted by Crippen LogP contribution is 2.19. The van der Waals surface area contributed by atoms with Gasteiger partial charge in [0.25, 0.3) is 0 Å². The lowest BCUT2D eigenvalue weighted by Gasteiger charge is -2.19. The van der Waals surface area contributed by atoms with Crippen molar-refractivity contribution >= 4 is 17.1 Å². The first kappa shape index (κ1) is 11.4. The van der Waals surface area contributed by atoms with Gasteiger partial charge >= 0.3 is 0 Å². The summed E-state index contributed by atoms with van der Waals surface area (Å²) < 4.78 is 17.8. The highest BCUT2D eigenvalue weighted by molar-refractivity contribution is 7.91. The normalized spacial score (nSPS) is 19.9. The Bertz CT molecular complexity index is 442. The van der Waals surface area contributed by atoms with Crippen molar-refractivity contribution in [2.24, 2.45) is 4.40 Å². The van der Waals surface area contributed by atoms with Crippen molar-refractivity contribution < 1.29 is 4.55 Å². The summed E-state index contributed by atoms with van der Waals surface area (Å²) in [5.74, 6) is 0. The van der Waals surface area contributed by atoms with Crippen LogP contribution in [0.2, 0.25) is 0 Å². The molecule has 1 aliphatic rings. The van der Waals surface area contributed by atoms with Crippen molar-refractivity contribution in [2.45, 2.75) is 32.1 Å². The van der Waals surface area contributed by atoms with E-state index in [1.165, 1.54) is 0 Å². The van der Waals surface area contributed by atoms with Crippen LogP contribution < -0.4 is 0 Å². The van der Waals surface area contributed by atoms with E-state index in [1.54, 1.807) is 12.5 Å². The standard InChI is InChI=1S/C11H15N3OS/c1-11(2,3)16(15)13-9-5-4-6-14-8-12-7-10(9)14/h4-5,7-8H,6H2,1-3H3/b13-9+. The van der Waals surface area contributed by atoms with Gasteiger partial charge in [-0.2, -0.15) is 0 Å². The quantitative estimate of drug-likeness (QED) is 0.698. The van der Waals surface area contributed by atoms with E-state index in [9.17, 15) is 4.55 Å². The minimum Gasteiger partial charge on any atom is -0.591 e. The predicted molar refractivity (Wildman–Crippen MR) is 65.8 cm³/mol. The van der Waals surface area contributed by atoms with E-state index in [0.29, 0.717) is 0 Å². The molecular formula is C11H15N3OS. The van der Waals surface area contributed by atoms with Crippen LogP contribution >= 0.6 is 0 Å². The molecule has 0 fully saturated rings. The fourth-order valence-electron chi connectivity index (χ4n) is 1.35. The van der Waals surface area contributed by atoms with Crippen molar-refractivity contribution in [3.05, 3.63) is 30.4 Å². The third-order valence-corrected chi connectivity index (χ3v) is 3.67. The zero-order valence-corrected chi connectivity index (χ0v) is 10.5. The molecule has 4 nitrogen and oxygen atoms in total. The zero-order chi connectivity index (χ0) is 11.8. The van der Waals surface area contributed by atoms with Crippen molar-refractivity contribution in [2.75, 3.05) is 0 Å². The van der Waals surface area contributed by atoms with Gasteiger partial charge in [0.2, 0.25) is 0 Å².